The summed E-state index contributed by atoms with van der Waals surface area (Å²) in [5.74, 6) is 0. The maximum absolute atomic E-state index is 12.3. The molecule has 7 heteroatoms. The van der Waals surface area contributed by atoms with E-state index in [0.717, 1.165) is 11.3 Å². The molecule has 1 heterocycles. The van der Waals surface area contributed by atoms with Crippen molar-refractivity contribution in [1.82, 2.24) is 14.5 Å². The van der Waals surface area contributed by atoms with Gasteiger partial charge in [0.15, 0.2) is 0 Å². The number of nitrogens with one attached hydrogen (secondary N) is 1. The van der Waals surface area contributed by atoms with Crippen molar-refractivity contribution in [3.05, 3.63) is 41.2 Å². The van der Waals surface area contributed by atoms with Crippen LogP contribution in [0, 0.1) is 13.8 Å². The van der Waals surface area contributed by atoms with Gasteiger partial charge in [0.1, 0.15) is 0 Å². The van der Waals surface area contributed by atoms with Crippen molar-refractivity contribution in [3.63, 3.8) is 0 Å². The molecule has 0 aliphatic rings. The van der Waals surface area contributed by atoms with Gasteiger partial charge in [0.25, 0.3) is 0 Å². The summed E-state index contributed by atoms with van der Waals surface area (Å²) >= 11 is 0. The number of nitrogens with zero attached hydrogens (tertiary/aromatic N) is 2. The van der Waals surface area contributed by atoms with Gasteiger partial charge in [-0.1, -0.05) is 6.07 Å². The van der Waals surface area contributed by atoms with Crippen LogP contribution in [0.3, 0.4) is 0 Å². The molecule has 0 spiro atoms. The fraction of sp³-hybridized carbons (Fsp3) is 0.308. The normalized spacial score (nSPS) is 11.8. The minimum Gasteiger partial charge on any atom is -0.399 e. The molecule has 0 atom stereocenters. The third-order valence-electron chi connectivity index (χ3n) is 3.07. The highest BCUT2D eigenvalue weighted by atomic mass is 32.2. The van der Waals surface area contributed by atoms with Gasteiger partial charge in [-0.25, -0.2) is 13.1 Å². The molecule has 6 nitrogen and oxygen atoms in total. The van der Waals surface area contributed by atoms with Gasteiger partial charge >= 0.3 is 0 Å². The minimum atomic E-state index is -3.59. The van der Waals surface area contributed by atoms with Gasteiger partial charge in [-0.15, -0.1) is 0 Å². The number of aryl methyl sites for hydroxylation is 3. The maximum Gasteiger partial charge on any atom is 0.241 e. The Hall–Kier alpha value is -1.86. The van der Waals surface area contributed by atoms with E-state index in [1.165, 1.54) is 6.07 Å². The van der Waals surface area contributed by atoms with Crippen LogP contribution < -0.4 is 10.5 Å². The second kappa shape index (κ2) is 5.26. The highest BCUT2D eigenvalue weighted by molar-refractivity contribution is 7.89. The first-order valence-corrected chi connectivity index (χ1v) is 7.63. The smallest absolute Gasteiger partial charge is 0.241 e. The average Bonchev–Trinajstić information content (AvgIpc) is 2.68. The summed E-state index contributed by atoms with van der Waals surface area (Å²) < 4.78 is 28.8. The molecule has 1 aromatic carbocycles. The van der Waals surface area contributed by atoms with Gasteiger partial charge in [0.05, 0.1) is 10.6 Å². The number of rotatable bonds is 4. The second-order valence-corrected chi connectivity index (χ2v) is 6.50. The number of sulfonamides is 1. The molecule has 108 valence electrons. The summed E-state index contributed by atoms with van der Waals surface area (Å²) in [5, 5.41) is 4.18. The summed E-state index contributed by atoms with van der Waals surface area (Å²) in [6, 6.07) is 4.84. The average molecular weight is 294 g/mol. The highest BCUT2D eigenvalue weighted by Gasteiger charge is 2.17. The Kier molecular flexibility index (Phi) is 3.82. The molecule has 1 aromatic heterocycles. The van der Waals surface area contributed by atoms with E-state index in [1.54, 1.807) is 37.0 Å². The number of aromatic nitrogens is 2. The number of nitrogen functional groups attached to an aromatic ring is 1. The van der Waals surface area contributed by atoms with Crippen molar-refractivity contribution < 1.29 is 8.42 Å². The van der Waals surface area contributed by atoms with Crippen LogP contribution in [0.15, 0.2) is 29.3 Å². The molecule has 2 aromatic rings. The topological polar surface area (TPSA) is 90.0 Å². The van der Waals surface area contributed by atoms with E-state index in [4.69, 9.17) is 5.73 Å². The summed E-state index contributed by atoms with van der Waals surface area (Å²) in [5.41, 5.74) is 8.39. The van der Waals surface area contributed by atoms with Crippen molar-refractivity contribution in [1.29, 1.82) is 0 Å². The standard InChI is InChI=1S/C13H18N4O2S/c1-9-4-5-12(14)6-13(9)20(18,19)15-7-11-8-17(3)16-10(11)2/h4-6,8,15H,7,14H2,1-3H3. The zero-order valence-corrected chi connectivity index (χ0v) is 12.5. The van der Waals surface area contributed by atoms with Crippen molar-refractivity contribution in [2.45, 2.75) is 25.3 Å². The monoisotopic (exact) mass is 294 g/mol. The van der Waals surface area contributed by atoms with Gasteiger partial charge < -0.3 is 5.73 Å². The fourth-order valence-electron chi connectivity index (χ4n) is 1.98. The van der Waals surface area contributed by atoms with Crippen molar-refractivity contribution >= 4 is 15.7 Å². The summed E-state index contributed by atoms with van der Waals surface area (Å²) in [4.78, 5) is 0.207. The van der Waals surface area contributed by atoms with Gasteiger partial charge in [-0.2, -0.15) is 5.10 Å². The Morgan fingerprint density at radius 3 is 2.65 bits per heavy atom. The van der Waals surface area contributed by atoms with Gasteiger partial charge in [0.2, 0.25) is 10.0 Å². The Morgan fingerprint density at radius 2 is 2.05 bits per heavy atom. The van der Waals surface area contributed by atoms with Crippen molar-refractivity contribution in [2.24, 2.45) is 7.05 Å². The number of hydrogen-bond donors (Lipinski definition) is 2. The van der Waals surface area contributed by atoms with Gasteiger partial charge in [0, 0.05) is 31.0 Å². The van der Waals surface area contributed by atoms with Crippen LogP contribution in [0.1, 0.15) is 16.8 Å². The van der Waals surface area contributed by atoms with Crippen LogP contribution in [0.4, 0.5) is 5.69 Å². The molecule has 0 saturated carbocycles. The second-order valence-electron chi connectivity index (χ2n) is 4.76. The zero-order chi connectivity index (χ0) is 14.9. The Balaban J connectivity index is 2.23. The van der Waals surface area contributed by atoms with E-state index in [9.17, 15) is 8.42 Å². The first kappa shape index (κ1) is 14.5. The molecule has 2 rings (SSSR count). The third kappa shape index (κ3) is 3.00. The van der Waals surface area contributed by atoms with E-state index in [2.05, 4.69) is 9.82 Å². The molecule has 20 heavy (non-hydrogen) atoms. The first-order chi connectivity index (χ1) is 9.29. The predicted octanol–water partition coefficient (Wildman–Crippen LogP) is 1.10. The predicted molar refractivity (Wildman–Crippen MR) is 77.6 cm³/mol. The van der Waals surface area contributed by atoms with E-state index in [-0.39, 0.29) is 11.4 Å². The van der Waals surface area contributed by atoms with Gasteiger partial charge in [-0.05, 0) is 31.5 Å². The fourth-order valence-corrected chi connectivity index (χ4v) is 3.26. The van der Waals surface area contributed by atoms with Crippen LogP contribution in [-0.2, 0) is 23.6 Å². The SMILES string of the molecule is Cc1ccc(N)cc1S(=O)(=O)NCc1cn(C)nc1C. The first-order valence-electron chi connectivity index (χ1n) is 6.14. The third-order valence-corrected chi connectivity index (χ3v) is 4.61. The molecule has 0 saturated heterocycles. The lowest BCUT2D eigenvalue weighted by Gasteiger charge is -2.09. The lowest BCUT2D eigenvalue weighted by Crippen LogP contribution is -2.24. The molecular formula is C13H18N4O2S. The van der Waals surface area contributed by atoms with Gasteiger partial charge in [-0.3, -0.25) is 4.68 Å². The van der Waals surface area contributed by atoms with Crippen LogP contribution in [0.25, 0.3) is 0 Å². The molecule has 0 bridgehead atoms. The molecule has 0 aliphatic heterocycles. The van der Waals surface area contributed by atoms with E-state index in [0.29, 0.717) is 11.3 Å². The summed E-state index contributed by atoms with van der Waals surface area (Å²) in [7, 11) is -1.79. The molecule has 3 N–H and O–H groups in total. The molecule has 0 amide bonds. The van der Waals surface area contributed by atoms with E-state index < -0.39 is 10.0 Å². The number of anilines is 1. The number of hydrogen-bond acceptors (Lipinski definition) is 4. The molecule has 0 aliphatic carbocycles. The van der Waals surface area contributed by atoms with E-state index >= 15 is 0 Å². The minimum absolute atomic E-state index is 0.205. The largest absolute Gasteiger partial charge is 0.399 e. The van der Waals surface area contributed by atoms with E-state index in [1.807, 2.05) is 6.92 Å². The van der Waals surface area contributed by atoms with Crippen LogP contribution in [0.2, 0.25) is 0 Å². The zero-order valence-electron chi connectivity index (χ0n) is 11.7. The molecule has 0 radical (unpaired) electrons. The Morgan fingerprint density at radius 1 is 1.35 bits per heavy atom. The quantitative estimate of drug-likeness (QED) is 0.826. The lowest BCUT2D eigenvalue weighted by atomic mass is 10.2. The number of nitrogens with two attached hydrogens (primary N) is 1. The van der Waals surface area contributed by atoms with Crippen LogP contribution in [0.5, 0.6) is 0 Å². The van der Waals surface area contributed by atoms with Crippen LogP contribution in [-0.4, -0.2) is 18.2 Å². The molecular weight excluding hydrogens is 276 g/mol. The Bertz CT molecular complexity index is 735. The highest BCUT2D eigenvalue weighted by Crippen LogP contribution is 2.18. The Labute approximate surface area is 118 Å². The molecule has 0 fully saturated rings. The van der Waals surface area contributed by atoms with Crippen LogP contribution >= 0.6 is 0 Å². The lowest BCUT2D eigenvalue weighted by molar-refractivity contribution is 0.580. The number of benzene rings is 1. The molecule has 0 unspecified atom stereocenters. The maximum atomic E-state index is 12.3. The van der Waals surface area contributed by atoms with Crippen molar-refractivity contribution in [2.75, 3.05) is 5.73 Å². The van der Waals surface area contributed by atoms with Crippen molar-refractivity contribution in [3.8, 4) is 0 Å². The summed E-state index contributed by atoms with van der Waals surface area (Å²) in [6.45, 7) is 3.79. The summed E-state index contributed by atoms with van der Waals surface area (Å²) in [6.07, 6.45) is 1.80.